The standard InChI is InChI=1S/C9H18NOS/c1-2-3-4-5-6-7-8-9(11)10-12/h12H,2-8H2,1H3/q+1. The number of amides is 1. The van der Waals surface area contributed by atoms with Gasteiger partial charge in [-0.15, -0.1) is 0 Å². The SMILES string of the molecule is CCCCCCCCC(=O)[N+]S. The first-order valence-electron chi connectivity index (χ1n) is 4.69. The molecule has 0 atom stereocenters. The first-order valence-corrected chi connectivity index (χ1v) is 5.09. The molecule has 0 saturated heterocycles. The first kappa shape index (κ1) is 12.0. The lowest BCUT2D eigenvalue weighted by Gasteiger charge is -1.95. The van der Waals surface area contributed by atoms with Crippen LogP contribution in [0.5, 0.6) is 0 Å². The second-order valence-electron chi connectivity index (χ2n) is 3.01. The summed E-state index contributed by atoms with van der Waals surface area (Å²) in [6, 6.07) is 0. The molecule has 2 radical (unpaired) electrons. The van der Waals surface area contributed by atoms with E-state index in [-0.39, 0.29) is 5.91 Å². The zero-order chi connectivity index (χ0) is 9.23. The molecule has 0 aliphatic carbocycles. The van der Waals surface area contributed by atoms with E-state index < -0.39 is 0 Å². The van der Waals surface area contributed by atoms with Gasteiger partial charge in [-0.3, -0.25) is 0 Å². The Morgan fingerprint density at radius 3 is 2.33 bits per heavy atom. The molecule has 0 aromatic heterocycles. The van der Waals surface area contributed by atoms with Crippen LogP contribution in [-0.4, -0.2) is 5.91 Å². The van der Waals surface area contributed by atoms with Crippen molar-refractivity contribution in [1.29, 1.82) is 0 Å². The summed E-state index contributed by atoms with van der Waals surface area (Å²) in [6.07, 6.45) is 7.80. The van der Waals surface area contributed by atoms with Gasteiger partial charge in [-0.2, -0.15) is 0 Å². The Kier molecular flexibility index (Phi) is 9.06. The predicted molar refractivity (Wildman–Crippen MR) is 54.1 cm³/mol. The van der Waals surface area contributed by atoms with Crippen LogP contribution in [0.4, 0.5) is 0 Å². The Labute approximate surface area is 80.7 Å². The molecular formula is C9H18NOS+. The molecular weight excluding hydrogens is 170 g/mol. The third-order valence-corrected chi connectivity index (χ3v) is 2.08. The maximum Gasteiger partial charge on any atom is 0.437 e. The van der Waals surface area contributed by atoms with Gasteiger partial charge in [0.05, 0.1) is 6.42 Å². The molecule has 12 heavy (non-hydrogen) atoms. The summed E-state index contributed by atoms with van der Waals surface area (Å²) >= 11 is 3.55. The second kappa shape index (κ2) is 9.07. The lowest BCUT2D eigenvalue weighted by Crippen LogP contribution is -2.04. The zero-order valence-corrected chi connectivity index (χ0v) is 8.65. The molecule has 0 N–H and O–H groups in total. The van der Waals surface area contributed by atoms with Gasteiger partial charge in [0.1, 0.15) is 0 Å². The maximum absolute atomic E-state index is 10.7. The van der Waals surface area contributed by atoms with Crippen molar-refractivity contribution in [2.24, 2.45) is 0 Å². The van der Waals surface area contributed by atoms with Crippen molar-refractivity contribution in [3.8, 4) is 0 Å². The van der Waals surface area contributed by atoms with Gasteiger partial charge >= 0.3 is 5.91 Å². The van der Waals surface area contributed by atoms with E-state index >= 15 is 0 Å². The highest BCUT2D eigenvalue weighted by Gasteiger charge is 2.12. The third kappa shape index (κ3) is 8.08. The number of thiol groups is 1. The Morgan fingerprint density at radius 2 is 1.75 bits per heavy atom. The quantitative estimate of drug-likeness (QED) is 0.483. The number of hydrogen-bond acceptors (Lipinski definition) is 2. The van der Waals surface area contributed by atoms with Gasteiger partial charge in [0.15, 0.2) is 12.8 Å². The molecule has 0 aliphatic rings. The molecule has 0 aliphatic heterocycles. The monoisotopic (exact) mass is 188 g/mol. The molecule has 0 unspecified atom stereocenters. The van der Waals surface area contributed by atoms with Crippen molar-refractivity contribution in [2.75, 3.05) is 0 Å². The molecule has 1 amide bonds. The molecule has 0 aromatic rings. The highest BCUT2D eigenvalue weighted by Crippen LogP contribution is 2.06. The minimum atomic E-state index is -0.0891. The molecule has 0 heterocycles. The molecule has 0 spiro atoms. The summed E-state index contributed by atoms with van der Waals surface area (Å²) in [6.45, 7) is 2.20. The third-order valence-electron chi connectivity index (χ3n) is 1.86. The summed E-state index contributed by atoms with van der Waals surface area (Å²) in [7, 11) is 0. The van der Waals surface area contributed by atoms with Crippen LogP contribution >= 0.6 is 12.8 Å². The van der Waals surface area contributed by atoms with Crippen LogP contribution < -0.4 is 4.72 Å². The van der Waals surface area contributed by atoms with E-state index in [2.05, 4.69) is 24.5 Å². The van der Waals surface area contributed by atoms with Gasteiger partial charge in [0.2, 0.25) is 4.72 Å². The summed E-state index contributed by atoms with van der Waals surface area (Å²) in [5.74, 6) is -0.0891. The molecule has 0 fully saturated rings. The van der Waals surface area contributed by atoms with E-state index in [0.29, 0.717) is 6.42 Å². The fraction of sp³-hybridized carbons (Fsp3) is 0.889. The fourth-order valence-corrected chi connectivity index (χ4v) is 1.21. The van der Waals surface area contributed by atoms with Gasteiger partial charge < -0.3 is 0 Å². The topological polar surface area (TPSA) is 31.2 Å². The molecule has 70 valence electrons. The van der Waals surface area contributed by atoms with Crippen LogP contribution in [0.3, 0.4) is 0 Å². The molecule has 0 aromatic carbocycles. The van der Waals surface area contributed by atoms with Crippen LogP contribution in [0, 0.1) is 0 Å². The van der Waals surface area contributed by atoms with Crippen molar-refractivity contribution in [3.05, 3.63) is 0 Å². The summed E-state index contributed by atoms with van der Waals surface area (Å²) < 4.78 is 3.28. The molecule has 3 heteroatoms. The van der Waals surface area contributed by atoms with Gasteiger partial charge in [-0.05, 0) is 6.42 Å². The van der Waals surface area contributed by atoms with Crippen molar-refractivity contribution in [3.63, 3.8) is 0 Å². The maximum atomic E-state index is 10.7. The highest BCUT2D eigenvalue weighted by atomic mass is 32.1. The van der Waals surface area contributed by atoms with Crippen LogP contribution in [0.15, 0.2) is 0 Å². The van der Waals surface area contributed by atoms with E-state index in [0.717, 1.165) is 12.8 Å². The van der Waals surface area contributed by atoms with Gasteiger partial charge in [-0.1, -0.05) is 39.0 Å². The predicted octanol–water partition coefficient (Wildman–Crippen LogP) is 2.71. The van der Waals surface area contributed by atoms with Crippen LogP contribution in [-0.2, 0) is 4.79 Å². The molecule has 0 rings (SSSR count). The van der Waals surface area contributed by atoms with Crippen LogP contribution in [0.1, 0.15) is 51.9 Å². The van der Waals surface area contributed by atoms with Crippen molar-refractivity contribution < 1.29 is 4.79 Å². The lowest BCUT2D eigenvalue weighted by molar-refractivity contribution is -0.119. The normalized spacial score (nSPS) is 10.2. The van der Waals surface area contributed by atoms with E-state index in [1.54, 1.807) is 0 Å². The molecule has 0 saturated carbocycles. The minimum Gasteiger partial charge on any atom is -0.217 e. The van der Waals surface area contributed by atoms with Gasteiger partial charge in [0.25, 0.3) is 0 Å². The molecule has 2 nitrogen and oxygen atoms in total. The zero-order valence-electron chi connectivity index (χ0n) is 7.75. The van der Waals surface area contributed by atoms with Crippen molar-refractivity contribution in [1.82, 2.24) is 4.72 Å². The number of hydrogen-bond donors (Lipinski definition) is 1. The van der Waals surface area contributed by atoms with Crippen LogP contribution in [0.25, 0.3) is 0 Å². The Bertz CT molecular complexity index is 117. The summed E-state index contributed by atoms with van der Waals surface area (Å²) in [4.78, 5) is 10.7. The Balaban J connectivity index is 2.95. The van der Waals surface area contributed by atoms with E-state index in [9.17, 15) is 4.79 Å². The van der Waals surface area contributed by atoms with Gasteiger partial charge in [-0.25, -0.2) is 4.79 Å². The number of nitrogens with zero attached hydrogens (tertiary/aromatic N) is 1. The lowest BCUT2D eigenvalue weighted by atomic mass is 10.1. The average Bonchev–Trinajstić information content (AvgIpc) is 2.10. The summed E-state index contributed by atoms with van der Waals surface area (Å²) in [5.41, 5.74) is 0. The van der Waals surface area contributed by atoms with E-state index in [1.165, 1.54) is 25.7 Å². The van der Waals surface area contributed by atoms with Crippen molar-refractivity contribution in [2.45, 2.75) is 51.9 Å². The Morgan fingerprint density at radius 1 is 1.17 bits per heavy atom. The number of unbranched alkanes of at least 4 members (excludes halogenated alkanes) is 5. The second-order valence-corrected chi connectivity index (χ2v) is 3.21. The highest BCUT2D eigenvalue weighted by molar-refractivity contribution is 7.78. The van der Waals surface area contributed by atoms with Crippen molar-refractivity contribution >= 4 is 18.7 Å². The Hall–Kier alpha value is -0.0200. The smallest absolute Gasteiger partial charge is 0.217 e. The number of rotatable bonds is 7. The van der Waals surface area contributed by atoms with Gasteiger partial charge in [0, 0.05) is 0 Å². The number of carbonyl (C=O) groups is 1. The number of carbonyl (C=O) groups excluding carboxylic acids is 1. The largest absolute Gasteiger partial charge is 0.437 e. The molecule has 0 bridgehead atoms. The first-order chi connectivity index (χ1) is 5.81. The summed E-state index contributed by atoms with van der Waals surface area (Å²) in [5, 5.41) is 0. The van der Waals surface area contributed by atoms with E-state index in [1.807, 2.05) is 0 Å². The van der Waals surface area contributed by atoms with Crippen LogP contribution in [0.2, 0.25) is 0 Å². The average molecular weight is 188 g/mol. The fourth-order valence-electron chi connectivity index (χ4n) is 1.11. The van der Waals surface area contributed by atoms with E-state index in [4.69, 9.17) is 0 Å². The minimum absolute atomic E-state index is 0.0891.